The van der Waals surface area contributed by atoms with E-state index in [1.807, 2.05) is 0 Å². The summed E-state index contributed by atoms with van der Waals surface area (Å²) < 4.78 is 63.5. The second-order valence-corrected chi connectivity index (χ2v) is 6.60. The highest BCUT2D eigenvalue weighted by Crippen LogP contribution is 2.41. The van der Waals surface area contributed by atoms with E-state index < -0.39 is 37.7 Å². The minimum Gasteiger partial charge on any atom is -0.321 e. The van der Waals surface area contributed by atoms with E-state index in [4.69, 9.17) is 5.73 Å². The zero-order valence-corrected chi connectivity index (χ0v) is 10.5. The van der Waals surface area contributed by atoms with E-state index in [0.29, 0.717) is 25.2 Å². The molecule has 7 heteroatoms. The highest BCUT2D eigenvalue weighted by Gasteiger charge is 2.39. The highest BCUT2D eigenvalue weighted by molar-refractivity contribution is 7.90. The standard InChI is InChI=1S/C11H12F3NO2S/c1-18(16,17)10-7(12)5-6(8(13)9(10)14)11(15)3-2-4-11/h5H,2-4,15H2,1H3. The maximum absolute atomic E-state index is 13.8. The first kappa shape index (κ1) is 13.4. The van der Waals surface area contributed by atoms with E-state index in [0.717, 1.165) is 6.42 Å². The topological polar surface area (TPSA) is 60.2 Å². The van der Waals surface area contributed by atoms with Gasteiger partial charge in [-0.15, -0.1) is 0 Å². The second-order valence-electron chi connectivity index (χ2n) is 4.64. The van der Waals surface area contributed by atoms with Crippen molar-refractivity contribution in [2.75, 3.05) is 6.26 Å². The molecule has 1 aliphatic rings. The van der Waals surface area contributed by atoms with Crippen molar-refractivity contribution in [1.29, 1.82) is 0 Å². The molecule has 0 aromatic heterocycles. The Morgan fingerprint density at radius 2 is 1.78 bits per heavy atom. The van der Waals surface area contributed by atoms with Crippen molar-refractivity contribution in [1.82, 2.24) is 0 Å². The van der Waals surface area contributed by atoms with Crippen LogP contribution in [0.25, 0.3) is 0 Å². The van der Waals surface area contributed by atoms with Crippen LogP contribution < -0.4 is 5.73 Å². The zero-order chi connectivity index (χ0) is 13.7. The molecular formula is C11H12F3NO2S. The molecule has 0 spiro atoms. The first-order chi connectivity index (χ1) is 8.17. The molecule has 0 heterocycles. The van der Waals surface area contributed by atoms with E-state index in [1.54, 1.807) is 0 Å². The fourth-order valence-electron chi connectivity index (χ4n) is 2.11. The summed E-state index contributed by atoms with van der Waals surface area (Å²) >= 11 is 0. The molecule has 1 fully saturated rings. The third-order valence-electron chi connectivity index (χ3n) is 3.27. The number of rotatable bonds is 2. The van der Waals surface area contributed by atoms with Gasteiger partial charge in [-0.3, -0.25) is 0 Å². The van der Waals surface area contributed by atoms with Gasteiger partial charge in [-0.2, -0.15) is 0 Å². The van der Waals surface area contributed by atoms with Gasteiger partial charge in [0, 0.05) is 17.4 Å². The molecular weight excluding hydrogens is 267 g/mol. The van der Waals surface area contributed by atoms with Gasteiger partial charge in [0.25, 0.3) is 0 Å². The molecule has 0 saturated heterocycles. The van der Waals surface area contributed by atoms with Crippen LogP contribution in [0.3, 0.4) is 0 Å². The van der Waals surface area contributed by atoms with E-state index in [9.17, 15) is 21.6 Å². The molecule has 0 aliphatic heterocycles. The van der Waals surface area contributed by atoms with Crippen molar-refractivity contribution in [3.8, 4) is 0 Å². The normalized spacial score (nSPS) is 18.5. The second kappa shape index (κ2) is 3.96. The summed E-state index contributed by atoms with van der Waals surface area (Å²) in [7, 11) is -4.17. The van der Waals surface area contributed by atoms with E-state index in [1.165, 1.54) is 0 Å². The quantitative estimate of drug-likeness (QED) is 0.840. The molecule has 1 aromatic carbocycles. The molecule has 1 aliphatic carbocycles. The van der Waals surface area contributed by atoms with E-state index in [-0.39, 0.29) is 5.56 Å². The molecule has 2 N–H and O–H groups in total. The lowest BCUT2D eigenvalue weighted by Crippen LogP contribution is -2.44. The predicted octanol–water partition coefficient (Wildman–Crippen LogP) is 1.85. The molecule has 1 aromatic rings. The SMILES string of the molecule is CS(=O)(=O)c1c(F)cc(C2(N)CCC2)c(F)c1F. The van der Waals surface area contributed by atoms with Gasteiger partial charge in [0.05, 0.1) is 0 Å². The molecule has 0 atom stereocenters. The van der Waals surface area contributed by atoms with Gasteiger partial charge in [-0.05, 0) is 25.3 Å². The van der Waals surface area contributed by atoms with Crippen LogP contribution >= 0.6 is 0 Å². The van der Waals surface area contributed by atoms with Crippen LogP contribution in [0.4, 0.5) is 13.2 Å². The fourth-order valence-corrected chi connectivity index (χ4v) is 2.94. The Kier molecular flexibility index (Phi) is 2.94. The number of benzene rings is 1. The van der Waals surface area contributed by atoms with Crippen molar-refractivity contribution < 1.29 is 21.6 Å². The average Bonchev–Trinajstić information content (AvgIpc) is 2.18. The van der Waals surface area contributed by atoms with Gasteiger partial charge in [0.15, 0.2) is 21.5 Å². The monoisotopic (exact) mass is 279 g/mol. The Balaban J connectivity index is 2.69. The molecule has 1 saturated carbocycles. The summed E-state index contributed by atoms with van der Waals surface area (Å²) in [5.74, 6) is -4.37. The van der Waals surface area contributed by atoms with Gasteiger partial charge < -0.3 is 5.73 Å². The highest BCUT2D eigenvalue weighted by atomic mass is 32.2. The van der Waals surface area contributed by atoms with Crippen molar-refractivity contribution in [3.63, 3.8) is 0 Å². The molecule has 0 unspecified atom stereocenters. The maximum Gasteiger partial charge on any atom is 0.181 e. The Morgan fingerprint density at radius 3 is 2.17 bits per heavy atom. The Bertz CT molecular complexity index is 609. The minimum atomic E-state index is -4.17. The van der Waals surface area contributed by atoms with Crippen LogP contribution in [-0.4, -0.2) is 14.7 Å². The molecule has 0 amide bonds. The molecule has 3 nitrogen and oxygen atoms in total. The molecule has 18 heavy (non-hydrogen) atoms. The number of sulfone groups is 1. The summed E-state index contributed by atoms with van der Waals surface area (Å²) in [4.78, 5) is -1.24. The van der Waals surface area contributed by atoms with E-state index >= 15 is 0 Å². The first-order valence-corrected chi connectivity index (χ1v) is 7.23. The maximum atomic E-state index is 13.8. The summed E-state index contributed by atoms with van der Waals surface area (Å²) in [5, 5.41) is 0. The molecule has 0 radical (unpaired) electrons. The predicted molar refractivity (Wildman–Crippen MR) is 59.1 cm³/mol. The molecule has 2 rings (SSSR count). The number of nitrogens with two attached hydrogens (primary N) is 1. The number of hydrogen-bond acceptors (Lipinski definition) is 3. The number of halogens is 3. The molecule has 0 bridgehead atoms. The lowest BCUT2D eigenvalue weighted by atomic mass is 9.72. The lowest BCUT2D eigenvalue weighted by Gasteiger charge is -2.38. The van der Waals surface area contributed by atoms with Crippen LogP contribution in [0, 0.1) is 17.5 Å². The van der Waals surface area contributed by atoms with Gasteiger partial charge in [0.1, 0.15) is 10.7 Å². The van der Waals surface area contributed by atoms with Crippen molar-refractivity contribution in [2.24, 2.45) is 5.73 Å². The Labute approximate surface area is 103 Å². The van der Waals surface area contributed by atoms with Crippen LogP contribution in [0.15, 0.2) is 11.0 Å². The van der Waals surface area contributed by atoms with Gasteiger partial charge in [0.2, 0.25) is 0 Å². The summed E-state index contributed by atoms with van der Waals surface area (Å²) in [6, 6.07) is 0.688. The van der Waals surface area contributed by atoms with Crippen LogP contribution in [0.1, 0.15) is 24.8 Å². The largest absolute Gasteiger partial charge is 0.321 e. The van der Waals surface area contributed by atoms with Crippen molar-refractivity contribution >= 4 is 9.84 Å². The smallest absolute Gasteiger partial charge is 0.181 e. The third-order valence-corrected chi connectivity index (χ3v) is 4.39. The fraction of sp³-hybridized carbons (Fsp3) is 0.455. The summed E-state index contributed by atoms with van der Waals surface area (Å²) in [6.07, 6.45) is 2.20. The van der Waals surface area contributed by atoms with Gasteiger partial charge in [-0.1, -0.05) is 0 Å². The van der Waals surface area contributed by atoms with Crippen LogP contribution in [0.5, 0.6) is 0 Å². The molecule has 100 valence electrons. The number of hydrogen-bond donors (Lipinski definition) is 1. The van der Waals surface area contributed by atoms with Crippen LogP contribution in [-0.2, 0) is 15.4 Å². The minimum absolute atomic E-state index is 0.295. The Hall–Kier alpha value is -1.08. The third kappa shape index (κ3) is 1.91. The van der Waals surface area contributed by atoms with Gasteiger partial charge >= 0.3 is 0 Å². The zero-order valence-electron chi connectivity index (χ0n) is 9.63. The van der Waals surface area contributed by atoms with Crippen molar-refractivity contribution in [2.45, 2.75) is 29.7 Å². The van der Waals surface area contributed by atoms with Crippen LogP contribution in [0.2, 0.25) is 0 Å². The average molecular weight is 279 g/mol. The Morgan fingerprint density at radius 1 is 1.22 bits per heavy atom. The first-order valence-electron chi connectivity index (χ1n) is 5.34. The van der Waals surface area contributed by atoms with Crippen molar-refractivity contribution in [3.05, 3.63) is 29.1 Å². The lowest BCUT2D eigenvalue weighted by molar-refractivity contribution is 0.240. The summed E-state index contributed by atoms with van der Waals surface area (Å²) in [5.41, 5.74) is 4.41. The summed E-state index contributed by atoms with van der Waals surface area (Å²) in [6.45, 7) is 0. The van der Waals surface area contributed by atoms with E-state index in [2.05, 4.69) is 0 Å². The van der Waals surface area contributed by atoms with Gasteiger partial charge in [-0.25, -0.2) is 21.6 Å².